The summed E-state index contributed by atoms with van der Waals surface area (Å²) in [5.74, 6) is 0.170. The fraction of sp³-hybridized carbons (Fsp3) is 0.833. The molecule has 0 unspecified atom stereocenters. The van der Waals surface area contributed by atoms with Crippen molar-refractivity contribution < 1.29 is 13.2 Å². The van der Waals surface area contributed by atoms with Crippen LogP contribution in [0.3, 0.4) is 0 Å². The van der Waals surface area contributed by atoms with Crippen LogP contribution in [-0.2, 0) is 14.8 Å². The van der Waals surface area contributed by atoms with E-state index in [1.165, 1.54) is 4.31 Å². The van der Waals surface area contributed by atoms with Gasteiger partial charge in [0.1, 0.15) is 5.78 Å². The van der Waals surface area contributed by atoms with Crippen molar-refractivity contribution in [2.45, 2.75) is 44.6 Å². The summed E-state index contributed by atoms with van der Waals surface area (Å²) in [5.41, 5.74) is 0. The number of Topliss-reactive ketones (excluding diaryl/α,β-unsaturated/α-hetero) is 1. The predicted molar refractivity (Wildman–Crippen MR) is 66.1 cm³/mol. The lowest BCUT2D eigenvalue weighted by molar-refractivity contribution is -0.126. The predicted octanol–water partition coefficient (Wildman–Crippen LogP) is 1.06. The zero-order chi connectivity index (χ0) is 13.2. The van der Waals surface area contributed by atoms with E-state index in [1.54, 1.807) is 0 Å². The molecule has 0 bridgehead atoms. The van der Waals surface area contributed by atoms with Gasteiger partial charge in [-0.05, 0) is 19.3 Å². The molecule has 2 aliphatic rings. The minimum Gasteiger partial charge on any atom is -0.299 e. The standard InChI is InChI=1S/C12H18N2O3S/c13-7-1-2-9-18(16,17)14-8-6-12(15)10-4-3-5-11(10)14/h10-11H,1-6,8-9H2/t10-,11-/m1/s1. The topological polar surface area (TPSA) is 78.2 Å². The van der Waals surface area contributed by atoms with Crippen molar-refractivity contribution in [1.29, 1.82) is 5.26 Å². The molecule has 2 rings (SSSR count). The molecule has 5 nitrogen and oxygen atoms in total. The van der Waals surface area contributed by atoms with E-state index in [-0.39, 0.29) is 29.9 Å². The number of nitrogens with zero attached hydrogens (tertiary/aromatic N) is 2. The molecule has 18 heavy (non-hydrogen) atoms. The molecule has 0 aromatic heterocycles. The van der Waals surface area contributed by atoms with Gasteiger partial charge in [-0.15, -0.1) is 0 Å². The molecular weight excluding hydrogens is 252 g/mol. The van der Waals surface area contributed by atoms with Crippen LogP contribution in [-0.4, -0.2) is 36.8 Å². The summed E-state index contributed by atoms with van der Waals surface area (Å²) >= 11 is 0. The molecule has 0 aromatic rings. The lowest BCUT2D eigenvalue weighted by atomic mass is 9.92. The van der Waals surface area contributed by atoms with Gasteiger partial charge in [-0.25, -0.2) is 8.42 Å². The number of nitriles is 1. The fourth-order valence-electron chi connectivity index (χ4n) is 3.03. The Bertz CT molecular complexity index is 466. The molecule has 6 heteroatoms. The van der Waals surface area contributed by atoms with Gasteiger partial charge >= 0.3 is 0 Å². The molecule has 1 heterocycles. The van der Waals surface area contributed by atoms with E-state index in [1.807, 2.05) is 6.07 Å². The smallest absolute Gasteiger partial charge is 0.214 e. The molecule has 0 radical (unpaired) electrons. The lowest BCUT2D eigenvalue weighted by Crippen LogP contribution is -2.50. The first-order chi connectivity index (χ1) is 8.56. The molecule has 100 valence electrons. The molecule has 2 fully saturated rings. The van der Waals surface area contributed by atoms with Crippen molar-refractivity contribution in [3.8, 4) is 6.07 Å². The fourth-order valence-corrected chi connectivity index (χ4v) is 4.81. The third-order valence-electron chi connectivity index (χ3n) is 3.89. The molecule has 0 spiro atoms. The highest BCUT2D eigenvalue weighted by Gasteiger charge is 2.44. The van der Waals surface area contributed by atoms with Gasteiger partial charge in [-0.2, -0.15) is 9.57 Å². The summed E-state index contributed by atoms with van der Waals surface area (Å²) in [6, 6.07) is 1.85. The highest BCUT2D eigenvalue weighted by Crippen LogP contribution is 2.36. The Balaban J connectivity index is 2.08. The summed E-state index contributed by atoms with van der Waals surface area (Å²) in [6.45, 7) is 0.328. The Morgan fingerprint density at radius 2 is 2.17 bits per heavy atom. The van der Waals surface area contributed by atoms with Crippen molar-refractivity contribution in [2.75, 3.05) is 12.3 Å². The summed E-state index contributed by atoms with van der Waals surface area (Å²) in [7, 11) is -3.30. The number of hydrogen-bond donors (Lipinski definition) is 0. The molecule has 1 saturated heterocycles. The number of rotatable bonds is 4. The zero-order valence-corrected chi connectivity index (χ0v) is 11.2. The van der Waals surface area contributed by atoms with E-state index in [9.17, 15) is 13.2 Å². The van der Waals surface area contributed by atoms with E-state index >= 15 is 0 Å². The van der Waals surface area contributed by atoms with Crippen LogP contribution < -0.4 is 0 Å². The number of sulfonamides is 1. The van der Waals surface area contributed by atoms with Gasteiger partial charge in [-0.3, -0.25) is 4.79 Å². The van der Waals surface area contributed by atoms with Gasteiger partial charge < -0.3 is 0 Å². The number of piperidine rings is 1. The molecule has 1 saturated carbocycles. The third kappa shape index (κ3) is 2.57. The quantitative estimate of drug-likeness (QED) is 0.716. The largest absolute Gasteiger partial charge is 0.299 e. The van der Waals surface area contributed by atoms with Gasteiger partial charge in [0.25, 0.3) is 0 Å². The first-order valence-electron chi connectivity index (χ1n) is 6.45. The van der Waals surface area contributed by atoms with Crippen LogP contribution in [0.25, 0.3) is 0 Å². The summed E-state index contributed by atoms with van der Waals surface area (Å²) in [4.78, 5) is 11.7. The van der Waals surface area contributed by atoms with Crippen LogP contribution >= 0.6 is 0 Å². The van der Waals surface area contributed by atoms with Gasteiger partial charge in [0.15, 0.2) is 0 Å². The van der Waals surface area contributed by atoms with Crippen molar-refractivity contribution in [2.24, 2.45) is 5.92 Å². The molecule has 1 aliphatic carbocycles. The monoisotopic (exact) mass is 270 g/mol. The first kappa shape index (κ1) is 13.5. The number of carbonyl (C=O) groups excluding carboxylic acids is 1. The maximum Gasteiger partial charge on any atom is 0.214 e. The van der Waals surface area contributed by atoms with Crippen molar-refractivity contribution in [3.05, 3.63) is 0 Å². The van der Waals surface area contributed by atoms with Gasteiger partial charge in [0.2, 0.25) is 10.0 Å². The summed E-state index contributed by atoms with van der Waals surface area (Å²) in [6.07, 6.45) is 3.55. The Kier molecular flexibility index (Phi) is 4.03. The van der Waals surface area contributed by atoms with E-state index in [4.69, 9.17) is 5.26 Å². The summed E-state index contributed by atoms with van der Waals surface area (Å²) in [5, 5.41) is 8.46. The van der Waals surface area contributed by atoms with Crippen LogP contribution in [0.1, 0.15) is 38.5 Å². The van der Waals surface area contributed by atoms with E-state index in [0.717, 1.165) is 19.3 Å². The van der Waals surface area contributed by atoms with Crippen LogP contribution in [0.2, 0.25) is 0 Å². The Morgan fingerprint density at radius 1 is 1.39 bits per heavy atom. The number of carbonyl (C=O) groups is 1. The minimum atomic E-state index is -3.30. The average molecular weight is 270 g/mol. The number of ketones is 1. The van der Waals surface area contributed by atoms with Crippen molar-refractivity contribution in [1.82, 2.24) is 4.31 Å². The highest BCUT2D eigenvalue weighted by molar-refractivity contribution is 7.89. The minimum absolute atomic E-state index is 0.0258. The normalized spacial score (nSPS) is 28.9. The van der Waals surface area contributed by atoms with E-state index in [2.05, 4.69) is 0 Å². The number of fused-ring (bicyclic) bond motifs is 1. The molecule has 1 aliphatic heterocycles. The third-order valence-corrected chi connectivity index (χ3v) is 5.86. The number of hydrogen-bond acceptors (Lipinski definition) is 4. The zero-order valence-electron chi connectivity index (χ0n) is 10.3. The Hall–Kier alpha value is -0.930. The molecular formula is C12H18N2O3S. The van der Waals surface area contributed by atoms with E-state index in [0.29, 0.717) is 19.4 Å². The second-order valence-corrected chi connectivity index (χ2v) is 7.05. The second kappa shape index (κ2) is 5.37. The van der Waals surface area contributed by atoms with Gasteiger partial charge in [0.05, 0.1) is 11.8 Å². The summed E-state index contributed by atoms with van der Waals surface area (Å²) < 4.78 is 26.0. The second-order valence-electron chi connectivity index (χ2n) is 5.01. The molecule has 0 amide bonds. The van der Waals surface area contributed by atoms with Crippen LogP contribution in [0.4, 0.5) is 0 Å². The molecule has 0 N–H and O–H groups in total. The Morgan fingerprint density at radius 3 is 2.89 bits per heavy atom. The van der Waals surface area contributed by atoms with Crippen LogP contribution in [0, 0.1) is 17.2 Å². The lowest BCUT2D eigenvalue weighted by Gasteiger charge is -2.35. The van der Waals surface area contributed by atoms with Gasteiger partial charge in [-0.1, -0.05) is 6.42 Å². The Labute approximate surface area is 108 Å². The molecule has 0 aromatic carbocycles. The maximum absolute atomic E-state index is 12.2. The highest BCUT2D eigenvalue weighted by atomic mass is 32.2. The van der Waals surface area contributed by atoms with Gasteiger partial charge in [0, 0.05) is 31.3 Å². The van der Waals surface area contributed by atoms with E-state index < -0.39 is 10.0 Å². The average Bonchev–Trinajstić information content (AvgIpc) is 2.79. The SMILES string of the molecule is N#CCCCS(=O)(=O)N1CCC(=O)[C@@H]2CCC[C@H]21. The first-order valence-corrected chi connectivity index (χ1v) is 8.06. The van der Waals surface area contributed by atoms with Crippen molar-refractivity contribution >= 4 is 15.8 Å². The maximum atomic E-state index is 12.2. The van der Waals surface area contributed by atoms with Crippen molar-refractivity contribution in [3.63, 3.8) is 0 Å². The molecule has 2 atom stereocenters. The van der Waals surface area contributed by atoms with Crippen LogP contribution in [0.15, 0.2) is 0 Å². The number of unbranched alkanes of at least 4 members (excludes halogenated alkanes) is 1. The van der Waals surface area contributed by atoms with Crippen LogP contribution in [0.5, 0.6) is 0 Å².